The number of anilines is 2. The Morgan fingerprint density at radius 1 is 1.07 bits per heavy atom. The van der Waals surface area contributed by atoms with Gasteiger partial charge in [-0.05, 0) is 48.9 Å². The van der Waals surface area contributed by atoms with E-state index in [0.29, 0.717) is 10.6 Å². The number of ether oxygens (including phenoxy) is 2. The number of nitro groups is 1. The number of benzene rings is 3. The summed E-state index contributed by atoms with van der Waals surface area (Å²) in [6.45, 7) is 1.54. The maximum atomic E-state index is 13.2. The van der Waals surface area contributed by atoms with Gasteiger partial charge in [-0.2, -0.15) is 0 Å². The average Bonchev–Trinajstić information content (AvgIpc) is 2.91. The molecule has 12 nitrogen and oxygen atoms in total. The molecule has 13 heteroatoms. The average molecular weight is 565 g/mol. The minimum atomic E-state index is -1.06. The van der Waals surface area contributed by atoms with Crippen LogP contribution >= 0.6 is 11.6 Å². The van der Waals surface area contributed by atoms with Crippen molar-refractivity contribution in [1.82, 2.24) is 5.32 Å². The third-order valence-corrected chi connectivity index (χ3v) is 5.73. The minimum Gasteiger partial charge on any atom is -0.490 e. The van der Waals surface area contributed by atoms with E-state index in [0.717, 1.165) is 6.07 Å². The zero-order valence-corrected chi connectivity index (χ0v) is 21.6. The summed E-state index contributed by atoms with van der Waals surface area (Å²) in [4.78, 5) is 61.6. The lowest BCUT2D eigenvalue weighted by atomic mass is 10.1. The summed E-state index contributed by atoms with van der Waals surface area (Å²) < 4.78 is 11.2. The number of non-ortho nitro benzene ring substituents is 1. The van der Waals surface area contributed by atoms with E-state index < -0.39 is 34.2 Å². The zero-order chi connectivity index (χ0) is 28.8. The van der Waals surface area contributed by atoms with Crippen LogP contribution in [0.4, 0.5) is 21.9 Å². The number of barbiturate groups is 1. The molecular weight excluding hydrogens is 544 g/mol. The molecule has 1 aliphatic heterocycles. The molecular formula is C27H21ClN4O8. The van der Waals surface area contributed by atoms with Gasteiger partial charge in [0, 0.05) is 17.8 Å². The topological polar surface area (TPSA) is 157 Å². The number of carbonyl (C=O) groups is 4. The number of nitrogens with one attached hydrogen (secondary N) is 2. The third kappa shape index (κ3) is 6.25. The molecule has 1 fully saturated rings. The molecule has 1 aliphatic rings. The van der Waals surface area contributed by atoms with Gasteiger partial charge in [-0.25, -0.2) is 9.69 Å². The second-order valence-electron chi connectivity index (χ2n) is 8.20. The second kappa shape index (κ2) is 12.1. The fourth-order valence-corrected chi connectivity index (χ4v) is 4.01. The molecule has 0 unspecified atom stereocenters. The molecule has 0 spiro atoms. The van der Waals surface area contributed by atoms with Crippen LogP contribution in [-0.4, -0.2) is 41.9 Å². The predicted octanol–water partition coefficient (Wildman–Crippen LogP) is 4.33. The zero-order valence-electron chi connectivity index (χ0n) is 20.9. The number of halogens is 1. The van der Waals surface area contributed by atoms with Crippen molar-refractivity contribution in [3.63, 3.8) is 0 Å². The Hall–Kier alpha value is -5.23. The van der Waals surface area contributed by atoms with Gasteiger partial charge < -0.3 is 14.8 Å². The molecule has 2 N–H and O–H groups in total. The summed E-state index contributed by atoms with van der Waals surface area (Å²) in [6, 6.07) is 15.4. The van der Waals surface area contributed by atoms with Crippen molar-refractivity contribution in [3.05, 3.63) is 93.0 Å². The summed E-state index contributed by atoms with van der Waals surface area (Å²) in [5.74, 6) is -2.19. The van der Waals surface area contributed by atoms with Crippen molar-refractivity contribution in [3.8, 4) is 11.5 Å². The molecule has 5 amide bonds. The van der Waals surface area contributed by atoms with E-state index in [4.69, 9.17) is 21.1 Å². The van der Waals surface area contributed by atoms with Crippen LogP contribution in [0, 0.1) is 10.1 Å². The molecule has 4 rings (SSSR count). The summed E-state index contributed by atoms with van der Waals surface area (Å²) in [5.41, 5.74) is -0.0356. The normalized spacial score (nSPS) is 14.1. The summed E-state index contributed by atoms with van der Waals surface area (Å²) in [5, 5.41) is 15.9. The Morgan fingerprint density at radius 2 is 1.82 bits per heavy atom. The maximum absolute atomic E-state index is 13.2. The third-order valence-electron chi connectivity index (χ3n) is 5.45. The SMILES string of the molecule is CCOc1cc(/C=C2\C(=O)NC(=O)N(c3cccc([N+](=O)[O-])c3)C2=O)cc(Cl)c1OCC(=O)Nc1ccccc1. The second-order valence-corrected chi connectivity index (χ2v) is 8.61. The van der Waals surface area contributed by atoms with Gasteiger partial charge >= 0.3 is 6.03 Å². The number of nitrogens with zero attached hydrogens (tertiary/aromatic N) is 2. The minimum absolute atomic E-state index is 0.0283. The first kappa shape index (κ1) is 27.8. The number of nitro benzene ring substituents is 1. The van der Waals surface area contributed by atoms with Crippen LogP contribution in [0.1, 0.15) is 12.5 Å². The Balaban J connectivity index is 1.60. The Labute approximate surface area is 232 Å². The van der Waals surface area contributed by atoms with Gasteiger partial charge in [0.2, 0.25) is 0 Å². The first-order valence-electron chi connectivity index (χ1n) is 11.8. The molecule has 0 saturated carbocycles. The van der Waals surface area contributed by atoms with Gasteiger partial charge in [-0.15, -0.1) is 0 Å². The molecule has 1 heterocycles. The number of amides is 5. The number of hydrogen-bond donors (Lipinski definition) is 2. The van der Waals surface area contributed by atoms with E-state index in [2.05, 4.69) is 10.6 Å². The van der Waals surface area contributed by atoms with Crippen molar-refractivity contribution in [2.75, 3.05) is 23.4 Å². The predicted molar refractivity (Wildman–Crippen MR) is 145 cm³/mol. The van der Waals surface area contributed by atoms with Crippen LogP contribution in [0.15, 0.2) is 72.3 Å². The molecule has 3 aromatic carbocycles. The molecule has 0 radical (unpaired) electrons. The first-order valence-corrected chi connectivity index (χ1v) is 12.2. The number of urea groups is 1. The number of imide groups is 2. The molecule has 204 valence electrons. The van der Waals surface area contributed by atoms with E-state index in [1.807, 2.05) is 6.07 Å². The lowest BCUT2D eigenvalue weighted by Gasteiger charge is -2.26. The maximum Gasteiger partial charge on any atom is 0.335 e. The fraction of sp³-hybridized carbons (Fsp3) is 0.111. The van der Waals surface area contributed by atoms with E-state index in [1.165, 1.54) is 36.4 Å². The molecule has 0 aromatic heterocycles. The molecule has 1 saturated heterocycles. The number of para-hydroxylation sites is 1. The van der Waals surface area contributed by atoms with E-state index >= 15 is 0 Å². The van der Waals surface area contributed by atoms with Gasteiger partial charge in [0.05, 0.1) is 22.2 Å². The lowest BCUT2D eigenvalue weighted by Crippen LogP contribution is -2.54. The van der Waals surface area contributed by atoms with Crippen molar-refractivity contribution in [2.24, 2.45) is 0 Å². The van der Waals surface area contributed by atoms with Crippen LogP contribution in [0.5, 0.6) is 11.5 Å². The van der Waals surface area contributed by atoms with Crippen LogP contribution < -0.4 is 25.0 Å². The standard InChI is InChI=1S/C27H21ClN4O8/c1-2-39-22-13-16(12-21(28)24(22)40-15-23(33)29-17-7-4-3-5-8-17)11-20-25(34)30-27(36)31(26(20)35)18-9-6-10-19(14-18)32(37)38/h3-14H,2,15H2,1H3,(H,29,33)(H,30,34,36)/b20-11+. The highest BCUT2D eigenvalue weighted by atomic mass is 35.5. The quantitative estimate of drug-likeness (QED) is 0.168. The Bertz CT molecular complexity index is 1540. The van der Waals surface area contributed by atoms with Crippen molar-refractivity contribution in [1.29, 1.82) is 0 Å². The molecule has 0 bridgehead atoms. The highest BCUT2D eigenvalue weighted by Gasteiger charge is 2.37. The Morgan fingerprint density at radius 3 is 2.52 bits per heavy atom. The van der Waals surface area contributed by atoms with Gasteiger partial charge in [0.1, 0.15) is 5.57 Å². The van der Waals surface area contributed by atoms with Crippen molar-refractivity contribution >= 4 is 58.5 Å². The van der Waals surface area contributed by atoms with Gasteiger partial charge in [-0.3, -0.25) is 29.8 Å². The van der Waals surface area contributed by atoms with Crippen molar-refractivity contribution < 1.29 is 33.6 Å². The van der Waals surface area contributed by atoms with E-state index in [1.54, 1.807) is 31.2 Å². The van der Waals surface area contributed by atoms with Gasteiger partial charge in [0.15, 0.2) is 18.1 Å². The summed E-state index contributed by atoms with van der Waals surface area (Å²) in [7, 11) is 0. The molecule has 40 heavy (non-hydrogen) atoms. The lowest BCUT2D eigenvalue weighted by molar-refractivity contribution is -0.384. The van der Waals surface area contributed by atoms with E-state index in [9.17, 15) is 29.3 Å². The van der Waals surface area contributed by atoms with Crippen LogP contribution in [0.25, 0.3) is 6.08 Å². The van der Waals surface area contributed by atoms with E-state index in [-0.39, 0.29) is 46.7 Å². The monoisotopic (exact) mass is 564 g/mol. The van der Waals surface area contributed by atoms with Crippen LogP contribution in [0.3, 0.4) is 0 Å². The molecule has 0 aliphatic carbocycles. The number of carbonyl (C=O) groups excluding carboxylic acids is 4. The first-order chi connectivity index (χ1) is 19.2. The highest BCUT2D eigenvalue weighted by Crippen LogP contribution is 2.37. The fourth-order valence-electron chi connectivity index (χ4n) is 3.73. The molecule has 3 aromatic rings. The Kier molecular flexibility index (Phi) is 8.40. The highest BCUT2D eigenvalue weighted by molar-refractivity contribution is 6.39. The summed E-state index contributed by atoms with van der Waals surface area (Å²) in [6.07, 6.45) is 1.19. The number of hydrogen-bond acceptors (Lipinski definition) is 8. The number of rotatable bonds is 9. The van der Waals surface area contributed by atoms with Crippen molar-refractivity contribution in [2.45, 2.75) is 6.92 Å². The smallest absolute Gasteiger partial charge is 0.335 e. The van der Waals surface area contributed by atoms with Crippen LogP contribution in [-0.2, 0) is 14.4 Å². The molecule has 0 atom stereocenters. The largest absolute Gasteiger partial charge is 0.490 e. The van der Waals surface area contributed by atoms with Gasteiger partial charge in [-0.1, -0.05) is 35.9 Å². The van der Waals surface area contributed by atoms with Crippen LogP contribution in [0.2, 0.25) is 5.02 Å². The summed E-state index contributed by atoms with van der Waals surface area (Å²) >= 11 is 6.42. The van der Waals surface area contributed by atoms with Gasteiger partial charge in [0.25, 0.3) is 23.4 Å².